The molecule has 6 atom stereocenters. The summed E-state index contributed by atoms with van der Waals surface area (Å²) in [4.78, 5) is 15.9. The van der Waals surface area contributed by atoms with Crippen LogP contribution in [-0.4, -0.2) is 51.5 Å². The van der Waals surface area contributed by atoms with Crippen LogP contribution in [0.4, 0.5) is 5.69 Å². The van der Waals surface area contributed by atoms with Crippen LogP contribution in [-0.2, 0) is 26.6 Å². The first-order valence-electron chi connectivity index (χ1n) is 16.1. The Morgan fingerprint density at radius 1 is 1.02 bits per heavy atom. The molecule has 2 aliphatic carbocycles. The fourth-order valence-electron chi connectivity index (χ4n) is 8.60. The van der Waals surface area contributed by atoms with Crippen molar-refractivity contribution in [1.82, 2.24) is 4.72 Å². The van der Waals surface area contributed by atoms with E-state index < -0.39 is 21.2 Å². The highest BCUT2D eigenvalue weighted by Crippen LogP contribution is 2.53. The molecule has 2 fully saturated rings. The number of anilines is 1. The van der Waals surface area contributed by atoms with Crippen molar-refractivity contribution < 1.29 is 22.7 Å². The summed E-state index contributed by atoms with van der Waals surface area (Å²) in [6, 6.07) is 11.7. The van der Waals surface area contributed by atoms with Gasteiger partial charge in [-0.2, -0.15) is 0 Å². The van der Waals surface area contributed by atoms with Gasteiger partial charge in [-0.3, -0.25) is 4.79 Å². The molecule has 0 radical (unpaired) electrons. The van der Waals surface area contributed by atoms with Crippen molar-refractivity contribution in [1.29, 1.82) is 0 Å². The van der Waals surface area contributed by atoms with Crippen molar-refractivity contribution in [3.05, 3.63) is 58.1 Å². The maximum Gasteiger partial charge on any atom is 0.264 e. The standard InChI is InChI=1S/C34H43ClN2O5S/c1-22-5-3-14-34(15-16-42-34)29-10-7-26(29)19-37-20-33(13-4-6-24-17-27(35)9-11-28(24)33)21-41-31-12-8-25(18-30(31)37)32(38)36-43(39,40)23(22)2/h8-9,11-12,17-18,22-23,26,29H,3-7,10,13-16,19-21H2,1-2H3,(H,36,38)/t22-,23+,26-,29+,33-,34+/m0/s1. The Morgan fingerprint density at radius 3 is 2.60 bits per heavy atom. The van der Waals surface area contributed by atoms with E-state index in [0.29, 0.717) is 24.0 Å². The molecule has 5 aliphatic rings. The average Bonchev–Trinajstić information content (AvgIpc) is 3.09. The van der Waals surface area contributed by atoms with Crippen molar-refractivity contribution in [2.45, 2.75) is 87.9 Å². The number of benzene rings is 2. The number of sulfonamides is 1. The lowest BCUT2D eigenvalue weighted by atomic mass is 9.60. The minimum absolute atomic E-state index is 0.0760. The van der Waals surface area contributed by atoms with Gasteiger partial charge in [0, 0.05) is 35.5 Å². The van der Waals surface area contributed by atoms with Crippen LogP contribution >= 0.6 is 11.6 Å². The molecular weight excluding hydrogens is 584 g/mol. The van der Waals surface area contributed by atoms with Crippen LogP contribution in [0, 0.1) is 17.8 Å². The SMILES string of the molecule is C[C@@H]1[C@@H](C)CCC[C@@]2(CCO2)[C@@H]2CC[C@H]2CN2C[C@@]3(CCCc4cc(Cl)ccc43)COc3ccc(cc32)C(=O)NS1(=O)=O. The van der Waals surface area contributed by atoms with Gasteiger partial charge in [-0.1, -0.05) is 31.0 Å². The van der Waals surface area contributed by atoms with Crippen molar-refractivity contribution >= 4 is 33.2 Å². The van der Waals surface area contributed by atoms with E-state index in [0.717, 1.165) is 93.9 Å². The Kier molecular flexibility index (Phi) is 7.49. The van der Waals surface area contributed by atoms with Crippen LogP contribution < -0.4 is 14.4 Å². The molecule has 2 aromatic carbocycles. The van der Waals surface area contributed by atoms with Crippen molar-refractivity contribution in [2.24, 2.45) is 17.8 Å². The number of nitrogens with one attached hydrogen (secondary N) is 1. The van der Waals surface area contributed by atoms with Crippen molar-refractivity contribution in [3.63, 3.8) is 0 Å². The van der Waals surface area contributed by atoms with Gasteiger partial charge >= 0.3 is 0 Å². The molecule has 2 spiro atoms. The van der Waals surface area contributed by atoms with Gasteiger partial charge in [-0.05, 0) is 111 Å². The lowest BCUT2D eigenvalue weighted by Crippen LogP contribution is -2.58. The summed E-state index contributed by atoms with van der Waals surface area (Å²) in [7, 11) is -3.85. The Labute approximate surface area is 260 Å². The quantitative estimate of drug-likeness (QED) is 0.371. The zero-order valence-corrected chi connectivity index (χ0v) is 26.8. The van der Waals surface area contributed by atoms with Crippen LogP contribution in [0.3, 0.4) is 0 Å². The number of nitrogens with zero attached hydrogens (tertiary/aromatic N) is 1. The number of halogens is 1. The molecule has 1 saturated heterocycles. The molecule has 1 N–H and O–H groups in total. The topological polar surface area (TPSA) is 84.9 Å². The summed E-state index contributed by atoms with van der Waals surface area (Å²) < 4.78 is 42.0. The van der Waals surface area contributed by atoms with Crippen LogP contribution in [0.2, 0.25) is 5.02 Å². The number of carbonyl (C=O) groups excluding carboxylic acids is 1. The largest absolute Gasteiger partial charge is 0.490 e. The maximum atomic E-state index is 13.4. The first-order chi connectivity index (χ1) is 20.6. The van der Waals surface area contributed by atoms with Gasteiger partial charge < -0.3 is 14.4 Å². The van der Waals surface area contributed by atoms with E-state index in [1.807, 2.05) is 25.1 Å². The second-order valence-corrected chi connectivity index (χ2v) is 16.4. The molecule has 7 rings (SSSR count). The highest BCUT2D eigenvalue weighted by atomic mass is 35.5. The molecule has 2 bridgehead atoms. The first-order valence-corrected chi connectivity index (χ1v) is 18.0. The van der Waals surface area contributed by atoms with Gasteiger partial charge in [0.15, 0.2) is 0 Å². The van der Waals surface area contributed by atoms with E-state index in [1.165, 1.54) is 11.1 Å². The Balaban J connectivity index is 1.30. The number of ether oxygens (including phenoxy) is 2. The number of hydrogen-bond donors (Lipinski definition) is 1. The third-order valence-electron chi connectivity index (χ3n) is 11.5. The van der Waals surface area contributed by atoms with Gasteiger partial charge in [-0.15, -0.1) is 0 Å². The number of hydrogen-bond acceptors (Lipinski definition) is 6. The van der Waals surface area contributed by atoms with Crippen LogP contribution in [0.25, 0.3) is 0 Å². The minimum Gasteiger partial charge on any atom is -0.490 e. The molecule has 3 aliphatic heterocycles. The van der Waals surface area contributed by atoms with Gasteiger partial charge in [0.2, 0.25) is 10.0 Å². The molecule has 9 heteroatoms. The lowest BCUT2D eigenvalue weighted by molar-refractivity contribution is -0.215. The number of fused-ring (bicyclic) bond motifs is 5. The van der Waals surface area contributed by atoms with Crippen LogP contribution in [0.1, 0.15) is 86.7 Å². The predicted molar refractivity (Wildman–Crippen MR) is 169 cm³/mol. The van der Waals surface area contributed by atoms with Crippen molar-refractivity contribution in [2.75, 3.05) is 31.2 Å². The molecule has 1 saturated carbocycles. The summed E-state index contributed by atoms with van der Waals surface area (Å²) in [5, 5.41) is 0.0792. The highest BCUT2D eigenvalue weighted by Gasteiger charge is 2.53. The molecule has 1 amide bonds. The molecule has 2 aromatic rings. The van der Waals surface area contributed by atoms with Gasteiger partial charge in [-0.25, -0.2) is 13.1 Å². The fourth-order valence-corrected chi connectivity index (χ4v) is 10.1. The fraction of sp³-hybridized carbons (Fsp3) is 0.618. The van der Waals surface area contributed by atoms with Gasteiger partial charge in [0.25, 0.3) is 5.91 Å². The number of carbonyl (C=O) groups is 1. The Morgan fingerprint density at radius 2 is 1.86 bits per heavy atom. The second kappa shape index (κ2) is 11.0. The van der Waals surface area contributed by atoms with E-state index in [4.69, 9.17) is 21.1 Å². The summed E-state index contributed by atoms with van der Waals surface area (Å²) in [6.07, 6.45) is 9.14. The third kappa shape index (κ3) is 5.15. The minimum atomic E-state index is -3.85. The summed E-state index contributed by atoms with van der Waals surface area (Å²) >= 11 is 6.43. The monoisotopic (exact) mass is 626 g/mol. The molecule has 43 heavy (non-hydrogen) atoms. The van der Waals surface area contributed by atoms with Crippen molar-refractivity contribution in [3.8, 4) is 5.75 Å². The zero-order chi connectivity index (χ0) is 30.0. The normalized spacial score (nSPS) is 35.4. The summed E-state index contributed by atoms with van der Waals surface area (Å²) in [6.45, 7) is 6.66. The molecule has 7 nitrogen and oxygen atoms in total. The molecule has 0 aromatic heterocycles. The molecule has 3 heterocycles. The van der Waals surface area contributed by atoms with Crippen LogP contribution in [0.5, 0.6) is 5.75 Å². The smallest absolute Gasteiger partial charge is 0.264 e. The Hall–Kier alpha value is -2.29. The van der Waals surface area contributed by atoms with Crippen LogP contribution in [0.15, 0.2) is 36.4 Å². The van der Waals surface area contributed by atoms with E-state index >= 15 is 0 Å². The molecule has 232 valence electrons. The van der Waals surface area contributed by atoms with Gasteiger partial charge in [0.1, 0.15) is 5.75 Å². The summed E-state index contributed by atoms with van der Waals surface area (Å²) in [5.41, 5.74) is 3.48. The molecule has 0 unspecified atom stereocenters. The number of aryl methyl sites for hydroxylation is 1. The van der Waals surface area contributed by atoms with E-state index in [9.17, 15) is 13.2 Å². The second-order valence-electron chi connectivity index (χ2n) is 13.9. The number of rotatable bonds is 0. The highest BCUT2D eigenvalue weighted by molar-refractivity contribution is 7.90. The first kappa shape index (κ1) is 29.4. The van der Waals surface area contributed by atoms with E-state index in [1.54, 1.807) is 13.0 Å². The zero-order valence-electron chi connectivity index (χ0n) is 25.2. The van der Waals surface area contributed by atoms with E-state index in [-0.39, 0.29) is 16.9 Å². The predicted octanol–water partition coefficient (Wildman–Crippen LogP) is 6.27. The lowest BCUT2D eigenvalue weighted by Gasteiger charge is -2.56. The Bertz CT molecular complexity index is 1520. The number of amides is 1. The summed E-state index contributed by atoms with van der Waals surface area (Å²) in [5.74, 6) is 1.05. The van der Waals surface area contributed by atoms with E-state index in [2.05, 4.69) is 21.8 Å². The average molecular weight is 627 g/mol. The third-order valence-corrected chi connectivity index (χ3v) is 13.7. The van der Waals surface area contributed by atoms with Gasteiger partial charge in [0.05, 0.1) is 29.8 Å². The maximum absolute atomic E-state index is 13.4. The molecular formula is C34H43ClN2O5S.